The first-order chi connectivity index (χ1) is 12.5. The fourth-order valence-corrected chi connectivity index (χ4v) is 4.36. The van der Waals surface area contributed by atoms with Crippen LogP contribution >= 0.6 is 34.7 Å². The summed E-state index contributed by atoms with van der Waals surface area (Å²) >= 11 is 9.09. The van der Waals surface area contributed by atoms with Crippen molar-refractivity contribution >= 4 is 40.6 Å². The minimum Gasteiger partial charge on any atom is -0.351 e. The Morgan fingerprint density at radius 1 is 1.35 bits per heavy atom. The monoisotopic (exact) mass is 406 g/mol. The molecule has 2 aromatic heterocycles. The van der Waals surface area contributed by atoms with Crippen LogP contribution < -0.4 is 5.32 Å². The van der Waals surface area contributed by atoms with Gasteiger partial charge in [0.15, 0.2) is 5.16 Å². The third-order valence-electron chi connectivity index (χ3n) is 3.88. The minimum atomic E-state index is -0.0322. The van der Waals surface area contributed by atoms with Crippen molar-refractivity contribution in [3.63, 3.8) is 0 Å². The van der Waals surface area contributed by atoms with Gasteiger partial charge in [-0.15, -0.1) is 21.5 Å². The number of aromatic nitrogens is 3. The highest BCUT2D eigenvalue weighted by Gasteiger charge is 2.12. The normalized spacial score (nSPS) is 10.9. The number of carbonyl (C=O) groups excluding carboxylic acids is 1. The summed E-state index contributed by atoms with van der Waals surface area (Å²) in [5.74, 6) is 1.60. The van der Waals surface area contributed by atoms with Crippen LogP contribution in [0.25, 0.3) is 0 Å². The van der Waals surface area contributed by atoms with Crippen LogP contribution in [0.4, 0.5) is 0 Å². The highest BCUT2D eigenvalue weighted by Crippen LogP contribution is 2.22. The molecule has 0 unspecified atom stereocenters. The van der Waals surface area contributed by atoms with Crippen LogP contribution in [0.3, 0.4) is 0 Å². The number of carbonyl (C=O) groups is 1. The van der Waals surface area contributed by atoms with E-state index >= 15 is 0 Å². The molecule has 1 amide bonds. The van der Waals surface area contributed by atoms with Crippen molar-refractivity contribution in [1.82, 2.24) is 20.1 Å². The average molecular weight is 407 g/mol. The van der Waals surface area contributed by atoms with E-state index in [2.05, 4.69) is 15.5 Å². The van der Waals surface area contributed by atoms with Gasteiger partial charge in [-0.05, 0) is 41.6 Å². The first kappa shape index (κ1) is 18.9. The maximum Gasteiger partial charge on any atom is 0.261 e. The Balaban J connectivity index is 1.52. The number of thioether (sulfide) groups is 1. The zero-order chi connectivity index (χ0) is 18.5. The number of amides is 1. The lowest BCUT2D eigenvalue weighted by atomic mass is 10.2. The lowest BCUT2D eigenvalue weighted by Crippen LogP contribution is -2.26. The molecule has 1 N–H and O–H groups in total. The SMILES string of the molecule is Cc1ccsc1C(=O)NCCc1nnc(SCc2cccc(Cl)c2)n1C. The quantitative estimate of drug-likeness (QED) is 0.600. The van der Waals surface area contributed by atoms with E-state index in [1.54, 1.807) is 11.8 Å². The van der Waals surface area contributed by atoms with Gasteiger partial charge in [0.2, 0.25) is 0 Å². The first-order valence-electron chi connectivity index (χ1n) is 8.12. The van der Waals surface area contributed by atoms with Crippen molar-refractivity contribution in [3.05, 3.63) is 62.6 Å². The zero-order valence-electron chi connectivity index (χ0n) is 14.5. The van der Waals surface area contributed by atoms with Gasteiger partial charge < -0.3 is 9.88 Å². The number of hydrogen-bond acceptors (Lipinski definition) is 5. The zero-order valence-corrected chi connectivity index (χ0v) is 16.9. The Labute approximate surface area is 165 Å². The molecule has 0 saturated carbocycles. The summed E-state index contributed by atoms with van der Waals surface area (Å²) in [4.78, 5) is 12.9. The molecule has 2 heterocycles. The summed E-state index contributed by atoms with van der Waals surface area (Å²) in [7, 11) is 1.95. The minimum absolute atomic E-state index is 0.0322. The highest BCUT2D eigenvalue weighted by molar-refractivity contribution is 7.98. The number of nitrogens with one attached hydrogen (secondary N) is 1. The Morgan fingerprint density at radius 3 is 2.92 bits per heavy atom. The van der Waals surface area contributed by atoms with Gasteiger partial charge in [-0.25, -0.2) is 0 Å². The maximum atomic E-state index is 12.1. The summed E-state index contributed by atoms with van der Waals surface area (Å²) in [6.45, 7) is 2.47. The van der Waals surface area contributed by atoms with Crippen LogP contribution in [0.1, 0.15) is 26.6 Å². The van der Waals surface area contributed by atoms with Gasteiger partial charge in [0.1, 0.15) is 5.82 Å². The number of halogens is 1. The largest absolute Gasteiger partial charge is 0.351 e. The Hall–Kier alpha value is -1.83. The molecule has 0 aliphatic heterocycles. The van der Waals surface area contributed by atoms with Crippen LogP contribution in [0, 0.1) is 6.92 Å². The van der Waals surface area contributed by atoms with Crippen LogP contribution in [0.2, 0.25) is 5.02 Å². The topological polar surface area (TPSA) is 59.8 Å². The number of benzene rings is 1. The fourth-order valence-electron chi connectivity index (χ4n) is 2.44. The van der Waals surface area contributed by atoms with E-state index < -0.39 is 0 Å². The second-order valence-corrected chi connectivity index (χ2v) is 8.11. The summed E-state index contributed by atoms with van der Waals surface area (Å²) in [6.07, 6.45) is 0.636. The van der Waals surface area contributed by atoms with Crippen molar-refractivity contribution in [2.75, 3.05) is 6.54 Å². The van der Waals surface area contributed by atoms with Gasteiger partial charge in [0.25, 0.3) is 5.91 Å². The van der Waals surface area contributed by atoms with E-state index in [9.17, 15) is 4.79 Å². The molecule has 0 aliphatic rings. The molecule has 26 heavy (non-hydrogen) atoms. The van der Waals surface area contributed by atoms with Crippen LogP contribution in [-0.4, -0.2) is 27.2 Å². The lowest BCUT2D eigenvalue weighted by Gasteiger charge is -2.06. The maximum absolute atomic E-state index is 12.1. The molecule has 0 spiro atoms. The van der Waals surface area contributed by atoms with Gasteiger partial charge in [-0.2, -0.15) is 0 Å². The molecule has 0 aliphatic carbocycles. The van der Waals surface area contributed by atoms with E-state index in [-0.39, 0.29) is 5.91 Å². The predicted octanol–water partition coefficient (Wildman–Crippen LogP) is 4.10. The van der Waals surface area contributed by atoms with E-state index in [0.29, 0.717) is 13.0 Å². The third kappa shape index (κ3) is 4.66. The van der Waals surface area contributed by atoms with Gasteiger partial charge in [0.05, 0.1) is 4.88 Å². The van der Waals surface area contributed by atoms with Crippen LogP contribution in [0.5, 0.6) is 0 Å². The molecule has 0 fully saturated rings. The molecular weight excluding hydrogens is 388 g/mol. The number of thiophene rings is 1. The summed E-state index contributed by atoms with van der Waals surface area (Å²) in [6, 6.07) is 9.75. The third-order valence-corrected chi connectivity index (χ3v) is 6.23. The van der Waals surface area contributed by atoms with Crippen molar-refractivity contribution in [2.45, 2.75) is 24.3 Å². The molecule has 5 nitrogen and oxygen atoms in total. The second-order valence-electron chi connectivity index (χ2n) is 5.82. The van der Waals surface area contributed by atoms with Gasteiger partial charge >= 0.3 is 0 Å². The van der Waals surface area contributed by atoms with E-state index in [1.165, 1.54) is 11.3 Å². The molecule has 8 heteroatoms. The lowest BCUT2D eigenvalue weighted by molar-refractivity contribution is 0.0957. The highest BCUT2D eigenvalue weighted by atomic mass is 35.5. The summed E-state index contributed by atoms with van der Waals surface area (Å²) in [5, 5.41) is 14.9. The number of nitrogens with zero attached hydrogens (tertiary/aromatic N) is 3. The second kappa shape index (κ2) is 8.70. The summed E-state index contributed by atoms with van der Waals surface area (Å²) < 4.78 is 1.97. The standard InChI is InChI=1S/C18H19ClN4OS2/c1-12-7-9-25-16(12)17(24)20-8-6-15-21-22-18(23(15)2)26-11-13-4-3-5-14(19)10-13/h3-5,7,9-10H,6,8,11H2,1-2H3,(H,20,24). The number of aryl methyl sites for hydroxylation is 1. The Bertz CT molecular complexity index is 906. The van der Waals surface area contributed by atoms with Gasteiger partial charge in [-0.3, -0.25) is 4.79 Å². The molecule has 0 saturated heterocycles. The van der Waals surface area contributed by atoms with Crippen molar-refractivity contribution in [2.24, 2.45) is 7.05 Å². The molecule has 0 radical (unpaired) electrons. The van der Waals surface area contributed by atoms with Crippen LogP contribution in [-0.2, 0) is 19.2 Å². The average Bonchev–Trinajstić information content (AvgIpc) is 3.19. The molecule has 0 bridgehead atoms. The Morgan fingerprint density at radius 2 is 2.19 bits per heavy atom. The molecule has 136 valence electrons. The van der Waals surface area contributed by atoms with E-state index in [1.807, 2.05) is 54.3 Å². The molecule has 3 rings (SSSR count). The fraction of sp³-hybridized carbons (Fsp3) is 0.278. The summed E-state index contributed by atoms with van der Waals surface area (Å²) in [5.41, 5.74) is 2.15. The molecular formula is C18H19ClN4OS2. The van der Waals surface area contributed by atoms with E-state index in [4.69, 9.17) is 11.6 Å². The van der Waals surface area contributed by atoms with E-state index in [0.717, 1.165) is 37.8 Å². The molecule has 0 atom stereocenters. The smallest absolute Gasteiger partial charge is 0.261 e. The van der Waals surface area contributed by atoms with Crippen LogP contribution in [0.15, 0.2) is 40.9 Å². The first-order valence-corrected chi connectivity index (χ1v) is 10.4. The number of hydrogen-bond donors (Lipinski definition) is 1. The molecule has 3 aromatic rings. The number of rotatable bonds is 7. The molecule has 1 aromatic carbocycles. The Kier molecular flexibility index (Phi) is 6.34. The predicted molar refractivity (Wildman–Crippen MR) is 107 cm³/mol. The van der Waals surface area contributed by atoms with Crippen molar-refractivity contribution in [3.8, 4) is 0 Å². The van der Waals surface area contributed by atoms with Gasteiger partial charge in [-0.1, -0.05) is 35.5 Å². The van der Waals surface area contributed by atoms with Crippen molar-refractivity contribution < 1.29 is 4.79 Å². The van der Waals surface area contributed by atoms with Gasteiger partial charge in [0, 0.05) is 30.8 Å². The van der Waals surface area contributed by atoms with Crippen molar-refractivity contribution in [1.29, 1.82) is 0 Å².